The summed E-state index contributed by atoms with van der Waals surface area (Å²) in [6.07, 6.45) is 9.75. The lowest BCUT2D eigenvalue weighted by Crippen LogP contribution is -2.28. The van der Waals surface area contributed by atoms with E-state index in [1.54, 1.807) is 24.5 Å². The Balaban J connectivity index is 1.72. The number of benzene rings is 1. The molecule has 34 heavy (non-hydrogen) atoms. The molecule has 4 bridgehead atoms. The minimum atomic E-state index is -3.93. The Bertz CT molecular complexity index is 1050. The topological polar surface area (TPSA) is 146 Å². The van der Waals surface area contributed by atoms with Crippen LogP contribution in [0.15, 0.2) is 35.5 Å². The first-order chi connectivity index (χ1) is 16.3. The smallest absolute Gasteiger partial charge is 0.407 e. The van der Waals surface area contributed by atoms with Crippen LogP contribution in [-0.2, 0) is 21.2 Å². The Hall–Kier alpha value is -2.92. The second-order valence-electron chi connectivity index (χ2n) is 8.40. The fourth-order valence-electron chi connectivity index (χ4n) is 3.62. The van der Waals surface area contributed by atoms with Crippen molar-refractivity contribution in [1.29, 1.82) is 0 Å². The zero-order chi connectivity index (χ0) is 24.4. The molecule has 0 fully saturated rings. The molecule has 11 heteroatoms. The third kappa shape index (κ3) is 8.45. The van der Waals surface area contributed by atoms with E-state index in [9.17, 15) is 13.2 Å². The van der Waals surface area contributed by atoms with Crippen LogP contribution >= 0.6 is 0 Å². The third-order valence-corrected chi connectivity index (χ3v) is 6.39. The highest BCUT2D eigenvalue weighted by molar-refractivity contribution is 7.89. The number of rotatable bonds is 1. The van der Waals surface area contributed by atoms with Crippen LogP contribution in [0.2, 0.25) is 0 Å². The number of nitrogens with two attached hydrogens (primary N) is 1. The SMILES string of the molecule is C[C@@H]1CCCc2cnc(nc2)Nc2ccc(S(N)(=O)=O)c(c2)OCCCCCCCNC(=O)O1. The molecule has 10 nitrogen and oxygen atoms in total. The van der Waals surface area contributed by atoms with E-state index in [-0.39, 0.29) is 22.8 Å². The molecule has 186 valence electrons. The van der Waals surface area contributed by atoms with Crippen molar-refractivity contribution >= 4 is 27.8 Å². The molecule has 1 amide bonds. The number of anilines is 2. The van der Waals surface area contributed by atoms with E-state index in [1.807, 2.05) is 6.92 Å². The number of primary sulfonamides is 1. The van der Waals surface area contributed by atoms with E-state index in [1.165, 1.54) is 6.07 Å². The molecule has 0 unspecified atom stereocenters. The van der Waals surface area contributed by atoms with Gasteiger partial charge in [-0.05, 0) is 56.7 Å². The summed E-state index contributed by atoms with van der Waals surface area (Å²) in [5.74, 6) is 0.573. The van der Waals surface area contributed by atoms with E-state index in [2.05, 4.69) is 20.6 Å². The number of nitrogens with zero attached hydrogens (tertiary/aromatic N) is 2. The van der Waals surface area contributed by atoms with Gasteiger partial charge in [0.1, 0.15) is 16.7 Å². The number of sulfonamides is 1. The van der Waals surface area contributed by atoms with Crippen LogP contribution in [0.25, 0.3) is 0 Å². The quantitative estimate of drug-likeness (QED) is 0.548. The summed E-state index contributed by atoms with van der Waals surface area (Å²) in [5, 5.41) is 11.2. The van der Waals surface area contributed by atoms with Crippen molar-refractivity contribution in [2.24, 2.45) is 5.14 Å². The number of hydrogen-bond donors (Lipinski definition) is 3. The zero-order valence-electron chi connectivity index (χ0n) is 19.5. The van der Waals surface area contributed by atoms with Gasteiger partial charge in [0.2, 0.25) is 16.0 Å². The lowest BCUT2D eigenvalue weighted by Gasteiger charge is -2.14. The minimum absolute atomic E-state index is 0.0629. The summed E-state index contributed by atoms with van der Waals surface area (Å²) in [5.41, 5.74) is 1.56. The second kappa shape index (κ2) is 12.5. The Morgan fingerprint density at radius 2 is 1.79 bits per heavy atom. The van der Waals surface area contributed by atoms with Gasteiger partial charge in [-0.2, -0.15) is 0 Å². The van der Waals surface area contributed by atoms with Crippen LogP contribution in [0.4, 0.5) is 16.4 Å². The fourth-order valence-corrected chi connectivity index (χ4v) is 4.27. The minimum Gasteiger partial charge on any atom is -0.492 e. The van der Waals surface area contributed by atoms with Crippen molar-refractivity contribution in [1.82, 2.24) is 15.3 Å². The first-order valence-corrected chi connectivity index (χ1v) is 13.2. The Morgan fingerprint density at radius 1 is 1.06 bits per heavy atom. The lowest BCUT2D eigenvalue weighted by atomic mass is 10.1. The van der Waals surface area contributed by atoms with Crippen LogP contribution in [0.5, 0.6) is 5.75 Å². The van der Waals surface area contributed by atoms with Crippen molar-refractivity contribution in [2.45, 2.75) is 69.3 Å². The number of hydrogen-bond acceptors (Lipinski definition) is 8. The molecule has 2 aliphatic heterocycles. The Labute approximate surface area is 200 Å². The van der Waals surface area contributed by atoms with Gasteiger partial charge in [-0.3, -0.25) is 0 Å². The number of nitrogens with one attached hydrogen (secondary N) is 2. The van der Waals surface area contributed by atoms with Gasteiger partial charge in [-0.15, -0.1) is 0 Å². The van der Waals surface area contributed by atoms with Crippen molar-refractivity contribution < 1.29 is 22.7 Å². The average molecular weight is 492 g/mol. The van der Waals surface area contributed by atoms with Gasteiger partial charge < -0.3 is 20.1 Å². The molecule has 0 radical (unpaired) electrons. The van der Waals surface area contributed by atoms with Crippen LogP contribution in [0, 0.1) is 0 Å². The van der Waals surface area contributed by atoms with Crippen molar-refractivity contribution in [3.8, 4) is 5.75 Å². The van der Waals surface area contributed by atoms with Gasteiger partial charge >= 0.3 is 6.09 Å². The number of carbonyl (C=O) groups is 1. The molecule has 1 atom stereocenters. The van der Waals surface area contributed by atoms with Crippen molar-refractivity contribution in [3.63, 3.8) is 0 Å². The summed E-state index contributed by atoms with van der Waals surface area (Å²) < 4.78 is 35.1. The van der Waals surface area contributed by atoms with Crippen molar-refractivity contribution in [3.05, 3.63) is 36.2 Å². The number of amides is 1. The maximum Gasteiger partial charge on any atom is 0.407 e. The summed E-state index contributed by atoms with van der Waals surface area (Å²) >= 11 is 0. The highest BCUT2D eigenvalue weighted by Crippen LogP contribution is 2.28. The first kappa shape index (κ1) is 25.7. The third-order valence-electron chi connectivity index (χ3n) is 5.44. The van der Waals surface area contributed by atoms with E-state index < -0.39 is 10.0 Å². The van der Waals surface area contributed by atoms with E-state index in [0.717, 1.165) is 56.9 Å². The molecule has 3 heterocycles. The summed E-state index contributed by atoms with van der Waals surface area (Å²) in [6, 6.07) is 4.61. The normalized spacial score (nSPS) is 19.2. The highest BCUT2D eigenvalue weighted by Gasteiger charge is 2.16. The molecule has 0 saturated carbocycles. The monoisotopic (exact) mass is 491 g/mol. The number of fused-ring (bicyclic) bond motifs is 16. The maximum absolute atomic E-state index is 12.0. The molecule has 0 saturated heterocycles. The van der Waals surface area contributed by atoms with Gasteiger partial charge in [-0.1, -0.05) is 19.3 Å². The van der Waals surface area contributed by atoms with Crippen LogP contribution < -0.4 is 20.5 Å². The molecule has 1 aromatic carbocycles. The maximum atomic E-state index is 12.0. The molecule has 1 aromatic heterocycles. The Kier molecular flexibility index (Phi) is 9.46. The second-order valence-corrected chi connectivity index (χ2v) is 9.93. The average Bonchev–Trinajstić information content (AvgIpc) is 2.78. The zero-order valence-corrected chi connectivity index (χ0v) is 20.3. The van der Waals surface area contributed by atoms with Gasteiger partial charge in [0, 0.05) is 30.7 Å². The van der Waals surface area contributed by atoms with Gasteiger partial charge in [0.25, 0.3) is 0 Å². The van der Waals surface area contributed by atoms with Gasteiger partial charge in [0.05, 0.1) is 6.61 Å². The molecule has 2 aromatic rings. The predicted octanol–water partition coefficient (Wildman–Crippen LogP) is 3.65. The standard InChI is InChI=1S/C23H33N5O5S/c1-17-8-7-9-18-15-26-22(27-16-18)28-19-10-11-21(34(24,30)31)20(14-19)32-13-6-4-2-3-5-12-25-23(29)33-17/h10-11,14-17H,2-9,12-13H2,1H3,(H,25,29)(H2,24,30,31)(H,26,27,28)/t17-/m1/s1. The van der Waals surface area contributed by atoms with Crippen LogP contribution in [0.3, 0.4) is 0 Å². The van der Waals surface area contributed by atoms with Crippen LogP contribution in [-0.4, -0.2) is 43.7 Å². The molecule has 2 aliphatic rings. The molecule has 4 N–H and O–H groups in total. The van der Waals surface area contributed by atoms with Gasteiger partial charge in [0.15, 0.2) is 0 Å². The number of alkyl carbamates (subject to hydrolysis) is 1. The van der Waals surface area contributed by atoms with E-state index in [0.29, 0.717) is 24.8 Å². The first-order valence-electron chi connectivity index (χ1n) is 11.6. The van der Waals surface area contributed by atoms with E-state index in [4.69, 9.17) is 14.6 Å². The largest absolute Gasteiger partial charge is 0.492 e. The molecular weight excluding hydrogens is 458 g/mol. The Morgan fingerprint density at radius 3 is 2.56 bits per heavy atom. The van der Waals surface area contributed by atoms with Gasteiger partial charge in [-0.25, -0.2) is 28.3 Å². The number of aromatic nitrogens is 2. The van der Waals surface area contributed by atoms with Crippen LogP contribution in [0.1, 0.15) is 57.4 Å². The van der Waals surface area contributed by atoms with E-state index >= 15 is 0 Å². The summed E-state index contributed by atoms with van der Waals surface area (Å²) in [4.78, 5) is 20.5. The predicted molar refractivity (Wildman–Crippen MR) is 129 cm³/mol. The summed E-state index contributed by atoms with van der Waals surface area (Å²) in [7, 11) is -3.93. The fraction of sp³-hybridized carbons (Fsp3) is 0.522. The molecule has 0 aliphatic carbocycles. The summed E-state index contributed by atoms with van der Waals surface area (Å²) in [6.45, 7) is 2.82. The number of ether oxygens (including phenoxy) is 2. The highest BCUT2D eigenvalue weighted by atomic mass is 32.2. The number of aryl methyl sites for hydroxylation is 1. The molecular formula is C23H33N5O5S. The molecule has 4 rings (SSSR count). The number of carbonyl (C=O) groups excluding carboxylic acids is 1. The molecule has 0 spiro atoms. The lowest BCUT2D eigenvalue weighted by molar-refractivity contribution is 0.101. The van der Waals surface area contributed by atoms with Crippen molar-refractivity contribution in [2.75, 3.05) is 18.5 Å².